The van der Waals surface area contributed by atoms with Gasteiger partial charge in [-0.25, -0.2) is 0 Å². The number of allylic oxidation sites excluding steroid dienone is 9. The lowest BCUT2D eigenvalue weighted by molar-refractivity contribution is -0.111. The summed E-state index contributed by atoms with van der Waals surface area (Å²) in [7, 11) is 0. The zero-order valence-electron chi connectivity index (χ0n) is 25.8. The highest BCUT2D eigenvalue weighted by Crippen LogP contribution is 2.29. The van der Waals surface area contributed by atoms with E-state index in [1.165, 1.54) is 5.57 Å². The van der Waals surface area contributed by atoms with E-state index in [0.717, 1.165) is 85.3 Å². The maximum absolute atomic E-state index is 12.9. The van der Waals surface area contributed by atoms with Crippen LogP contribution >= 0.6 is 0 Å². The number of rotatable bonds is 12. The predicted octanol–water partition coefficient (Wildman–Crippen LogP) is 7.99. The molecule has 0 amide bonds. The summed E-state index contributed by atoms with van der Waals surface area (Å²) in [6.07, 6.45) is 19.3. The third-order valence-electron chi connectivity index (χ3n) is 8.14. The number of hydrogen-bond acceptors (Lipinski definition) is 5. The third kappa shape index (κ3) is 8.83. The van der Waals surface area contributed by atoms with Gasteiger partial charge in [-0.2, -0.15) is 0 Å². The topological polar surface area (TPSA) is 65.8 Å². The quantitative estimate of drug-likeness (QED) is 0.158. The molecular formula is C37H47N3O2. The number of carbonyl (C=O) groups excluding carboxylic acids is 1. The molecule has 2 aliphatic rings. The van der Waals surface area contributed by atoms with Crippen molar-refractivity contribution in [2.75, 3.05) is 19.7 Å². The first kappa shape index (κ1) is 32.7. The number of aliphatic hydroxyl groups is 1. The second-order valence-corrected chi connectivity index (χ2v) is 11.1. The zero-order chi connectivity index (χ0) is 30.6. The van der Waals surface area contributed by atoms with E-state index in [4.69, 9.17) is 9.98 Å². The van der Waals surface area contributed by atoms with Gasteiger partial charge in [0.2, 0.25) is 0 Å². The van der Waals surface area contributed by atoms with E-state index in [2.05, 4.69) is 56.4 Å². The van der Waals surface area contributed by atoms with Gasteiger partial charge in [0.25, 0.3) is 0 Å². The summed E-state index contributed by atoms with van der Waals surface area (Å²) in [6.45, 7) is 24.7. The number of carbonyl (C=O) groups is 1. The van der Waals surface area contributed by atoms with Crippen molar-refractivity contribution in [3.05, 3.63) is 114 Å². The molecule has 0 aromatic carbocycles. The number of hydrogen-bond donors (Lipinski definition) is 1. The molecule has 0 saturated carbocycles. The van der Waals surface area contributed by atoms with Crippen LogP contribution in [0.3, 0.4) is 0 Å². The monoisotopic (exact) mass is 565 g/mol. The molecule has 42 heavy (non-hydrogen) atoms. The molecule has 0 radical (unpaired) electrons. The Hall–Kier alpha value is -3.83. The minimum Gasteiger partial charge on any atom is -0.396 e. The van der Waals surface area contributed by atoms with E-state index >= 15 is 0 Å². The van der Waals surface area contributed by atoms with E-state index in [0.29, 0.717) is 29.3 Å². The van der Waals surface area contributed by atoms with Gasteiger partial charge in [0, 0.05) is 49.8 Å². The first-order valence-corrected chi connectivity index (χ1v) is 15.1. The molecule has 5 nitrogen and oxygen atoms in total. The van der Waals surface area contributed by atoms with E-state index < -0.39 is 0 Å². The van der Waals surface area contributed by atoms with Crippen molar-refractivity contribution >= 4 is 22.8 Å². The minimum atomic E-state index is -0.130. The van der Waals surface area contributed by atoms with Crippen LogP contribution in [0.25, 0.3) is 11.3 Å². The molecule has 0 spiro atoms. The SMILES string of the molecule is C=C/C(C)=C\Cc1cnc(C2=CC(=O)C(=C)CC(/C=C\C(=C/C)N3CCC(=C)C(CCCO)CC3)=N2)cc1C(=C)CC. The van der Waals surface area contributed by atoms with E-state index in [1.807, 2.05) is 38.3 Å². The van der Waals surface area contributed by atoms with Crippen molar-refractivity contribution in [1.82, 2.24) is 9.88 Å². The van der Waals surface area contributed by atoms with Crippen molar-refractivity contribution in [2.24, 2.45) is 10.9 Å². The van der Waals surface area contributed by atoms with Crippen LogP contribution in [0.2, 0.25) is 0 Å². The van der Waals surface area contributed by atoms with Gasteiger partial charge in [0.15, 0.2) is 5.78 Å². The molecule has 1 aromatic heterocycles. The second kappa shape index (κ2) is 16.0. The van der Waals surface area contributed by atoms with E-state index in [-0.39, 0.29) is 12.4 Å². The average Bonchev–Trinajstić information content (AvgIpc) is 3.27. The maximum Gasteiger partial charge on any atom is 0.183 e. The molecule has 1 aromatic rings. The third-order valence-corrected chi connectivity index (χ3v) is 8.14. The van der Waals surface area contributed by atoms with Crippen LogP contribution in [0.1, 0.15) is 76.1 Å². The first-order chi connectivity index (χ1) is 20.2. The van der Waals surface area contributed by atoms with Crippen LogP contribution in [0.5, 0.6) is 0 Å². The highest BCUT2D eigenvalue weighted by atomic mass is 16.2. The molecule has 5 heteroatoms. The lowest BCUT2D eigenvalue weighted by Crippen LogP contribution is -2.23. The Labute approximate surface area is 252 Å². The Morgan fingerprint density at radius 3 is 2.74 bits per heavy atom. The molecule has 0 aliphatic carbocycles. The van der Waals surface area contributed by atoms with Crippen LogP contribution in [0, 0.1) is 5.92 Å². The molecule has 1 N–H and O–H groups in total. The molecule has 0 bridgehead atoms. The van der Waals surface area contributed by atoms with Crippen LogP contribution in [0.15, 0.2) is 102 Å². The second-order valence-electron chi connectivity index (χ2n) is 11.1. The summed E-state index contributed by atoms with van der Waals surface area (Å²) >= 11 is 0. The largest absolute Gasteiger partial charge is 0.396 e. The molecule has 222 valence electrons. The molecule has 1 unspecified atom stereocenters. The van der Waals surface area contributed by atoms with Crippen LogP contribution in [0.4, 0.5) is 0 Å². The Bertz CT molecular complexity index is 1370. The Balaban J connectivity index is 1.89. The van der Waals surface area contributed by atoms with Gasteiger partial charge >= 0.3 is 0 Å². The fourth-order valence-corrected chi connectivity index (χ4v) is 5.27. The summed E-state index contributed by atoms with van der Waals surface area (Å²) in [5, 5.41) is 9.27. The number of aromatic nitrogens is 1. The first-order valence-electron chi connectivity index (χ1n) is 15.1. The number of pyridine rings is 1. The number of nitrogens with zero attached hydrogens (tertiary/aromatic N) is 3. The van der Waals surface area contributed by atoms with Gasteiger partial charge in [-0.05, 0) is 98.8 Å². The van der Waals surface area contributed by atoms with E-state index in [1.54, 1.807) is 6.08 Å². The summed E-state index contributed by atoms with van der Waals surface area (Å²) < 4.78 is 0. The lowest BCUT2D eigenvalue weighted by atomic mass is 9.91. The molecule has 1 fully saturated rings. The smallest absolute Gasteiger partial charge is 0.183 e. The van der Waals surface area contributed by atoms with Gasteiger partial charge in [0.05, 0.1) is 11.4 Å². The van der Waals surface area contributed by atoms with Crippen molar-refractivity contribution in [1.29, 1.82) is 0 Å². The highest BCUT2D eigenvalue weighted by molar-refractivity contribution is 6.15. The number of ketones is 1. The van der Waals surface area contributed by atoms with Crippen LogP contribution in [-0.4, -0.2) is 46.2 Å². The fraction of sp³-hybridized carbons (Fsp3) is 0.378. The number of aliphatic imine (C=N–C) groups is 1. The number of aliphatic hydroxyl groups excluding tert-OH is 1. The average molecular weight is 566 g/mol. The van der Waals surface area contributed by atoms with Crippen molar-refractivity contribution in [3.8, 4) is 0 Å². The fourth-order valence-electron chi connectivity index (χ4n) is 5.27. The maximum atomic E-state index is 12.9. The van der Waals surface area contributed by atoms with Crippen molar-refractivity contribution in [3.63, 3.8) is 0 Å². The Morgan fingerprint density at radius 2 is 2.05 bits per heavy atom. The summed E-state index contributed by atoms with van der Waals surface area (Å²) in [6, 6.07) is 2.00. The van der Waals surface area contributed by atoms with Crippen LogP contribution in [-0.2, 0) is 11.2 Å². The molecule has 2 aliphatic heterocycles. The summed E-state index contributed by atoms with van der Waals surface area (Å²) in [4.78, 5) is 25.0. The predicted molar refractivity (Wildman–Crippen MR) is 178 cm³/mol. The zero-order valence-corrected chi connectivity index (χ0v) is 25.8. The minimum absolute atomic E-state index is 0.130. The molecule has 3 rings (SSSR count). The van der Waals surface area contributed by atoms with Crippen molar-refractivity contribution < 1.29 is 9.90 Å². The van der Waals surface area contributed by atoms with Crippen LogP contribution < -0.4 is 0 Å². The lowest BCUT2D eigenvalue weighted by Gasteiger charge is -2.24. The molecule has 1 saturated heterocycles. The molecule has 3 heterocycles. The van der Waals surface area contributed by atoms with Gasteiger partial charge < -0.3 is 10.0 Å². The van der Waals surface area contributed by atoms with E-state index in [9.17, 15) is 9.90 Å². The summed E-state index contributed by atoms with van der Waals surface area (Å²) in [5.74, 6) is 0.321. The molecular weight excluding hydrogens is 518 g/mol. The summed E-state index contributed by atoms with van der Waals surface area (Å²) in [5.41, 5.74) is 9.09. The Morgan fingerprint density at radius 1 is 1.26 bits per heavy atom. The highest BCUT2D eigenvalue weighted by Gasteiger charge is 2.21. The standard InChI is InChI=1S/C37H47N3O2/c1-8-26(4)13-14-31-25-38-35(23-34(31)27(5)9-2)36-24-37(42)29(7)22-32(39-36)15-16-33(10-3)40-19-17-28(6)30(18-20-40)12-11-21-41/h8,10,13,15-16,23-25,30,41H,1,5-7,9,11-12,14,17-22H2,2-4H3/b16-15-,26-13-,33-10+. The van der Waals surface area contributed by atoms with Crippen molar-refractivity contribution in [2.45, 2.75) is 65.7 Å². The van der Waals surface area contributed by atoms with Gasteiger partial charge in [-0.3, -0.25) is 14.8 Å². The van der Waals surface area contributed by atoms with Gasteiger partial charge in [0.1, 0.15) is 0 Å². The normalized spacial score (nSPS) is 19.0. The van der Waals surface area contributed by atoms with Gasteiger partial charge in [-0.15, -0.1) is 0 Å². The molecule has 1 atom stereocenters. The Kier molecular flexibility index (Phi) is 12.4. The van der Waals surface area contributed by atoms with Gasteiger partial charge in [-0.1, -0.05) is 62.6 Å². The number of likely N-dealkylation sites (tertiary alicyclic amines) is 1.